The fourth-order valence-electron chi connectivity index (χ4n) is 0.624. The third kappa shape index (κ3) is 5.56. The normalized spacial score (nSPS) is 13.0. The lowest BCUT2D eigenvalue weighted by Crippen LogP contribution is -2.13. The first-order chi connectivity index (χ1) is 4.66. The molecule has 0 spiro atoms. The van der Waals surface area contributed by atoms with Crippen molar-refractivity contribution in [2.75, 3.05) is 6.61 Å². The van der Waals surface area contributed by atoms with Crippen molar-refractivity contribution in [2.24, 2.45) is 0 Å². The number of ether oxygens (including phenoxy) is 1. The van der Waals surface area contributed by atoms with Gasteiger partial charge in [-0.1, -0.05) is 6.92 Å². The summed E-state index contributed by atoms with van der Waals surface area (Å²) in [5.41, 5.74) is 0. The van der Waals surface area contributed by atoms with Gasteiger partial charge in [0.15, 0.2) is 0 Å². The van der Waals surface area contributed by atoms with Gasteiger partial charge in [-0.05, 0) is 13.3 Å². The van der Waals surface area contributed by atoms with Gasteiger partial charge in [0, 0.05) is 6.61 Å². The molecule has 0 unspecified atom stereocenters. The van der Waals surface area contributed by atoms with E-state index in [-0.39, 0.29) is 12.5 Å². The molecule has 1 N–H and O–H groups in total. The number of rotatable bonds is 5. The summed E-state index contributed by atoms with van der Waals surface area (Å²) in [7, 11) is 0. The van der Waals surface area contributed by atoms with Crippen LogP contribution in [0.1, 0.15) is 26.7 Å². The maximum absolute atomic E-state index is 10.1. The minimum absolute atomic E-state index is 0.0972. The zero-order chi connectivity index (χ0) is 7.98. The molecule has 0 saturated heterocycles. The quantitative estimate of drug-likeness (QED) is 0.635. The van der Waals surface area contributed by atoms with Gasteiger partial charge < -0.3 is 9.84 Å². The molecule has 0 aliphatic heterocycles. The first-order valence-electron chi connectivity index (χ1n) is 3.50. The first kappa shape index (κ1) is 9.43. The van der Waals surface area contributed by atoms with Crippen LogP contribution >= 0.6 is 0 Å². The molecule has 0 amide bonds. The SMILES string of the molecule is CCCO[C@H](C)CC(=O)O. The summed E-state index contributed by atoms with van der Waals surface area (Å²) in [6.45, 7) is 4.41. The molecule has 0 fully saturated rings. The van der Waals surface area contributed by atoms with Gasteiger partial charge in [0.25, 0.3) is 0 Å². The Morgan fingerprint density at radius 3 is 2.70 bits per heavy atom. The van der Waals surface area contributed by atoms with E-state index in [0.717, 1.165) is 6.42 Å². The largest absolute Gasteiger partial charge is 0.481 e. The van der Waals surface area contributed by atoms with Crippen molar-refractivity contribution in [3.05, 3.63) is 0 Å². The van der Waals surface area contributed by atoms with Crippen molar-refractivity contribution < 1.29 is 14.6 Å². The maximum atomic E-state index is 10.1. The zero-order valence-corrected chi connectivity index (χ0v) is 6.46. The maximum Gasteiger partial charge on any atom is 0.305 e. The highest BCUT2D eigenvalue weighted by molar-refractivity contribution is 5.67. The molecule has 0 saturated carbocycles. The number of hydrogen-bond acceptors (Lipinski definition) is 2. The van der Waals surface area contributed by atoms with Crippen molar-refractivity contribution in [1.82, 2.24) is 0 Å². The fraction of sp³-hybridized carbons (Fsp3) is 0.857. The molecule has 3 nitrogen and oxygen atoms in total. The van der Waals surface area contributed by atoms with E-state index in [9.17, 15) is 4.79 Å². The molecular formula is C7H14O3. The number of carboxylic acid groups (broad SMARTS) is 1. The van der Waals surface area contributed by atoms with E-state index in [1.54, 1.807) is 6.92 Å². The summed E-state index contributed by atoms with van der Waals surface area (Å²) in [4.78, 5) is 10.1. The summed E-state index contributed by atoms with van der Waals surface area (Å²) in [6, 6.07) is 0. The van der Waals surface area contributed by atoms with Crippen LogP contribution in [0, 0.1) is 0 Å². The number of carbonyl (C=O) groups is 1. The molecule has 10 heavy (non-hydrogen) atoms. The predicted octanol–water partition coefficient (Wildman–Crippen LogP) is 1.28. The van der Waals surface area contributed by atoms with E-state index in [1.165, 1.54) is 0 Å². The second-order valence-corrected chi connectivity index (χ2v) is 2.28. The van der Waals surface area contributed by atoms with Crippen LogP contribution in [0.2, 0.25) is 0 Å². The van der Waals surface area contributed by atoms with Crippen LogP contribution < -0.4 is 0 Å². The van der Waals surface area contributed by atoms with Crippen LogP contribution in [0.4, 0.5) is 0 Å². The third-order valence-corrected chi connectivity index (χ3v) is 1.07. The van der Waals surface area contributed by atoms with Gasteiger partial charge in [0.05, 0.1) is 12.5 Å². The average Bonchev–Trinajstić information content (AvgIpc) is 1.82. The number of aliphatic carboxylic acids is 1. The molecule has 0 aromatic heterocycles. The van der Waals surface area contributed by atoms with E-state index in [2.05, 4.69) is 0 Å². The standard InChI is InChI=1S/C7H14O3/c1-3-4-10-6(2)5-7(8)9/h6H,3-5H2,1-2H3,(H,8,9)/t6-/m1/s1. The Morgan fingerprint density at radius 2 is 2.30 bits per heavy atom. The minimum atomic E-state index is -0.802. The Bertz CT molecular complexity index is 101. The molecule has 0 aromatic carbocycles. The molecule has 1 atom stereocenters. The van der Waals surface area contributed by atoms with Gasteiger partial charge in [0.1, 0.15) is 0 Å². The Balaban J connectivity index is 3.25. The van der Waals surface area contributed by atoms with E-state index < -0.39 is 5.97 Å². The average molecular weight is 146 g/mol. The van der Waals surface area contributed by atoms with E-state index in [4.69, 9.17) is 9.84 Å². The van der Waals surface area contributed by atoms with Crippen LogP contribution in [-0.2, 0) is 9.53 Å². The smallest absolute Gasteiger partial charge is 0.305 e. The van der Waals surface area contributed by atoms with Crippen molar-refractivity contribution in [3.8, 4) is 0 Å². The van der Waals surface area contributed by atoms with Crippen molar-refractivity contribution >= 4 is 5.97 Å². The van der Waals surface area contributed by atoms with Crippen LogP contribution in [0.3, 0.4) is 0 Å². The van der Waals surface area contributed by atoms with E-state index in [0.29, 0.717) is 6.61 Å². The van der Waals surface area contributed by atoms with Crippen LogP contribution in [0.5, 0.6) is 0 Å². The van der Waals surface area contributed by atoms with E-state index >= 15 is 0 Å². The lowest BCUT2D eigenvalue weighted by Gasteiger charge is -2.08. The Kier molecular flexibility index (Phi) is 4.94. The summed E-state index contributed by atoms with van der Waals surface area (Å²) in [5.74, 6) is -0.802. The Morgan fingerprint density at radius 1 is 1.70 bits per heavy atom. The molecule has 60 valence electrons. The highest BCUT2D eigenvalue weighted by Gasteiger charge is 2.05. The van der Waals surface area contributed by atoms with Gasteiger partial charge in [-0.3, -0.25) is 4.79 Å². The topological polar surface area (TPSA) is 46.5 Å². The lowest BCUT2D eigenvalue weighted by atomic mass is 10.3. The second kappa shape index (κ2) is 5.23. The number of hydrogen-bond donors (Lipinski definition) is 1. The molecule has 0 heterocycles. The van der Waals surface area contributed by atoms with Crippen LogP contribution in [-0.4, -0.2) is 23.8 Å². The molecule has 0 aromatic rings. The molecule has 0 rings (SSSR count). The lowest BCUT2D eigenvalue weighted by molar-refractivity contribution is -0.139. The van der Waals surface area contributed by atoms with Crippen molar-refractivity contribution in [3.63, 3.8) is 0 Å². The third-order valence-electron chi connectivity index (χ3n) is 1.07. The molecule has 0 aliphatic carbocycles. The van der Waals surface area contributed by atoms with Crippen molar-refractivity contribution in [1.29, 1.82) is 0 Å². The minimum Gasteiger partial charge on any atom is -0.481 e. The monoisotopic (exact) mass is 146 g/mol. The highest BCUT2D eigenvalue weighted by atomic mass is 16.5. The molecule has 3 heteroatoms. The first-order valence-corrected chi connectivity index (χ1v) is 3.50. The highest BCUT2D eigenvalue weighted by Crippen LogP contribution is 1.97. The van der Waals surface area contributed by atoms with Crippen molar-refractivity contribution in [2.45, 2.75) is 32.8 Å². The van der Waals surface area contributed by atoms with Gasteiger partial charge in [-0.15, -0.1) is 0 Å². The molecule has 0 bridgehead atoms. The second-order valence-electron chi connectivity index (χ2n) is 2.28. The number of carboxylic acids is 1. The van der Waals surface area contributed by atoms with Gasteiger partial charge in [-0.2, -0.15) is 0 Å². The molecule has 0 radical (unpaired) electrons. The summed E-state index contributed by atoms with van der Waals surface area (Å²) >= 11 is 0. The molecule has 0 aliphatic rings. The predicted molar refractivity (Wildman–Crippen MR) is 38.0 cm³/mol. The van der Waals surface area contributed by atoms with E-state index in [1.807, 2.05) is 6.92 Å². The van der Waals surface area contributed by atoms with Gasteiger partial charge >= 0.3 is 5.97 Å². The summed E-state index contributed by atoms with van der Waals surface area (Å²) in [6.07, 6.45) is 0.877. The summed E-state index contributed by atoms with van der Waals surface area (Å²) < 4.78 is 5.12. The molecular weight excluding hydrogens is 132 g/mol. The van der Waals surface area contributed by atoms with Gasteiger partial charge in [0.2, 0.25) is 0 Å². The van der Waals surface area contributed by atoms with Crippen LogP contribution in [0.25, 0.3) is 0 Å². The zero-order valence-electron chi connectivity index (χ0n) is 6.46. The van der Waals surface area contributed by atoms with Crippen LogP contribution in [0.15, 0.2) is 0 Å². The Labute approximate surface area is 61.0 Å². The fourth-order valence-corrected chi connectivity index (χ4v) is 0.624. The Hall–Kier alpha value is -0.570. The van der Waals surface area contributed by atoms with Gasteiger partial charge in [-0.25, -0.2) is 0 Å². The summed E-state index contributed by atoms with van der Waals surface area (Å²) in [5, 5.41) is 8.30.